The average molecular weight is 550 g/mol. The number of aromatic nitrogens is 2. The van der Waals surface area contributed by atoms with E-state index in [0.717, 1.165) is 5.56 Å². The molecule has 0 unspecified atom stereocenters. The lowest BCUT2D eigenvalue weighted by atomic mass is 10.1. The normalized spacial score (nSPS) is 11.2. The number of nitrogen functional groups attached to an aromatic ring is 1. The number of nitrogens with one attached hydrogen (secondary N) is 4. The molecule has 2 aromatic carbocycles. The highest BCUT2D eigenvalue weighted by atomic mass is 16.6. The summed E-state index contributed by atoms with van der Waals surface area (Å²) in [5.41, 5.74) is 6.41. The average Bonchev–Trinajstić information content (AvgIpc) is 2.83. The van der Waals surface area contributed by atoms with Gasteiger partial charge in [-0.15, -0.1) is 0 Å². The van der Waals surface area contributed by atoms with Crippen molar-refractivity contribution in [2.45, 2.75) is 59.4 Å². The molecule has 0 fully saturated rings. The fourth-order valence-corrected chi connectivity index (χ4v) is 3.70. The molecule has 0 saturated heterocycles. The van der Waals surface area contributed by atoms with Gasteiger partial charge in [-0.1, -0.05) is 24.3 Å². The monoisotopic (exact) mass is 549 g/mol. The largest absolute Gasteiger partial charge is 0.508 e. The minimum absolute atomic E-state index is 0.0533. The van der Waals surface area contributed by atoms with E-state index in [0.29, 0.717) is 11.1 Å². The highest BCUT2D eigenvalue weighted by molar-refractivity contribution is 5.94. The molecule has 7 N–H and O–H groups in total. The molecule has 0 aliphatic heterocycles. The predicted octanol–water partition coefficient (Wildman–Crippen LogP) is 3.38. The molecule has 12 nitrogen and oxygen atoms in total. The molecule has 12 heteroatoms. The molecule has 0 aliphatic rings. The number of nitrogens with zero attached hydrogens (tertiary/aromatic N) is 2. The number of phenols is 1. The van der Waals surface area contributed by atoms with Crippen LogP contribution < -0.4 is 27.2 Å². The Kier molecular flexibility index (Phi) is 9.15. The van der Waals surface area contributed by atoms with Gasteiger partial charge in [0.15, 0.2) is 5.82 Å². The van der Waals surface area contributed by atoms with Crippen molar-refractivity contribution in [2.24, 2.45) is 5.73 Å². The first-order chi connectivity index (χ1) is 18.7. The summed E-state index contributed by atoms with van der Waals surface area (Å²) in [5.74, 6) is -0.598. The molecular formula is C28H35N7O5. The number of hydrogen-bond acceptors (Lipinski definition) is 8. The molecule has 3 aromatic rings. The van der Waals surface area contributed by atoms with Crippen LogP contribution in [0.4, 0.5) is 16.3 Å². The van der Waals surface area contributed by atoms with Crippen LogP contribution >= 0.6 is 0 Å². The minimum atomic E-state index is -0.726. The van der Waals surface area contributed by atoms with Crippen LogP contribution in [-0.4, -0.2) is 44.1 Å². The smallest absolute Gasteiger partial charge is 0.412 e. The third-order valence-electron chi connectivity index (χ3n) is 5.40. The molecule has 40 heavy (non-hydrogen) atoms. The molecule has 2 amide bonds. The number of carbonyl (C=O) groups is 2. The molecule has 0 atom stereocenters. The van der Waals surface area contributed by atoms with Crippen molar-refractivity contribution in [1.29, 1.82) is 5.41 Å². The molecule has 0 saturated carbocycles. The number of phenolic OH excluding ortho intramolecular Hbond substituents is 1. The van der Waals surface area contributed by atoms with E-state index in [1.807, 2.05) is 13.8 Å². The summed E-state index contributed by atoms with van der Waals surface area (Å²) in [6, 6.07) is 11.1. The van der Waals surface area contributed by atoms with Crippen LogP contribution in [0.5, 0.6) is 5.75 Å². The second-order valence-corrected chi connectivity index (χ2v) is 10.5. The van der Waals surface area contributed by atoms with Gasteiger partial charge in [-0.05, 0) is 52.3 Å². The van der Waals surface area contributed by atoms with Crippen molar-refractivity contribution in [3.05, 3.63) is 70.1 Å². The highest BCUT2D eigenvalue weighted by Crippen LogP contribution is 2.28. The first-order valence-electron chi connectivity index (χ1n) is 12.6. The van der Waals surface area contributed by atoms with Crippen LogP contribution in [0.3, 0.4) is 0 Å². The number of rotatable bonds is 9. The summed E-state index contributed by atoms with van der Waals surface area (Å²) in [7, 11) is 0. The van der Waals surface area contributed by atoms with Crippen molar-refractivity contribution in [3.63, 3.8) is 0 Å². The fraction of sp³-hybridized carbons (Fsp3) is 0.321. The second kappa shape index (κ2) is 12.3. The number of amides is 2. The predicted molar refractivity (Wildman–Crippen MR) is 154 cm³/mol. The van der Waals surface area contributed by atoms with Crippen molar-refractivity contribution in [2.75, 3.05) is 10.6 Å². The quantitative estimate of drug-likeness (QED) is 0.173. The third kappa shape index (κ3) is 8.32. The maximum atomic E-state index is 13.4. The Balaban J connectivity index is 1.91. The Hall–Kier alpha value is -4.87. The fourth-order valence-electron chi connectivity index (χ4n) is 3.70. The highest BCUT2D eigenvalue weighted by Gasteiger charge is 2.19. The Morgan fingerprint density at radius 1 is 1.15 bits per heavy atom. The van der Waals surface area contributed by atoms with Crippen LogP contribution in [0.15, 0.2) is 53.5 Å². The lowest BCUT2D eigenvalue weighted by molar-refractivity contribution is -0.121. The Morgan fingerprint density at radius 3 is 2.42 bits per heavy atom. The summed E-state index contributed by atoms with van der Waals surface area (Å²) in [4.78, 5) is 42.9. The number of nitrogens with two attached hydrogens (primary N) is 1. The van der Waals surface area contributed by atoms with Gasteiger partial charge in [0.1, 0.15) is 23.7 Å². The Bertz CT molecular complexity index is 1460. The van der Waals surface area contributed by atoms with Crippen LogP contribution in [0, 0.1) is 5.41 Å². The zero-order valence-electron chi connectivity index (χ0n) is 23.2. The number of carbonyl (C=O) groups excluding carboxylic acids is 2. The van der Waals surface area contributed by atoms with Gasteiger partial charge in [0.05, 0.1) is 11.9 Å². The van der Waals surface area contributed by atoms with Gasteiger partial charge in [0, 0.05) is 35.5 Å². The van der Waals surface area contributed by atoms with Gasteiger partial charge in [0.25, 0.3) is 5.56 Å². The van der Waals surface area contributed by atoms with E-state index < -0.39 is 23.2 Å². The zero-order chi connectivity index (χ0) is 29.6. The van der Waals surface area contributed by atoms with Crippen LogP contribution in [0.1, 0.15) is 45.7 Å². The van der Waals surface area contributed by atoms with Gasteiger partial charge in [-0.25, -0.2) is 9.78 Å². The summed E-state index contributed by atoms with van der Waals surface area (Å²) < 4.78 is 6.53. The van der Waals surface area contributed by atoms with Crippen molar-refractivity contribution in [3.8, 4) is 17.0 Å². The molecule has 1 heterocycles. The third-order valence-corrected chi connectivity index (χ3v) is 5.40. The number of aromatic hydroxyl groups is 1. The summed E-state index contributed by atoms with van der Waals surface area (Å²) >= 11 is 0. The Morgan fingerprint density at radius 2 is 1.82 bits per heavy atom. The molecule has 0 bridgehead atoms. The molecule has 1 aromatic heterocycles. The first kappa shape index (κ1) is 29.7. The second-order valence-electron chi connectivity index (χ2n) is 10.5. The lowest BCUT2D eigenvalue weighted by Crippen LogP contribution is -2.35. The minimum Gasteiger partial charge on any atom is -0.508 e. The van der Waals surface area contributed by atoms with E-state index in [2.05, 4.69) is 20.9 Å². The van der Waals surface area contributed by atoms with E-state index in [-0.39, 0.29) is 47.9 Å². The van der Waals surface area contributed by atoms with Crippen molar-refractivity contribution >= 4 is 29.3 Å². The van der Waals surface area contributed by atoms with Crippen LogP contribution in [0.25, 0.3) is 11.3 Å². The standard InChI is InChI=1S/C28H35N7O5/c1-16(2)33-25-26(38)35(15-23(37)31-13-17-6-8-18(9-7-17)24(29)30)22(14-32-25)19-10-20(12-21(36)11-19)34-27(39)40-28(3,4)5/h6-12,14,16,36H,13,15H2,1-5H3,(H3,29,30)(H,31,37)(H,32,33)(H,34,39). The molecule has 3 rings (SSSR count). The van der Waals surface area contributed by atoms with E-state index in [4.69, 9.17) is 15.9 Å². The summed E-state index contributed by atoms with van der Waals surface area (Å²) in [5, 5.41) is 26.2. The number of ether oxygens (including phenoxy) is 1. The molecule has 0 radical (unpaired) electrons. The topological polar surface area (TPSA) is 184 Å². The van der Waals surface area contributed by atoms with Gasteiger partial charge in [-0.3, -0.25) is 24.9 Å². The maximum Gasteiger partial charge on any atom is 0.412 e. The van der Waals surface area contributed by atoms with E-state index >= 15 is 0 Å². The van der Waals surface area contributed by atoms with Gasteiger partial charge >= 0.3 is 6.09 Å². The van der Waals surface area contributed by atoms with Crippen molar-refractivity contribution < 1.29 is 19.4 Å². The summed E-state index contributed by atoms with van der Waals surface area (Å²) in [6.45, 7) is 8.75. The SMILES string of the molecule is CC(C)Nc1ncc(-c2cc(O)cc(NC(=O)OC(C)(C)C)c2)n(CC(=O)NCc2ccc(C(=N)N)cc2)c1=O. The molecule has 0 aliphatic carbocycles. The number of amidine groups is 1. The number of benzene rings is 2. The zero-order valence-corrected chi connectivity index (χ0v) is 23.2. The van der Waals surface area contributed by atoms with Crippen LogP contribution in [0.2, 0.25) is 0 Å². The lowest BCUT2D eigenvalue weighted by Gasteiger charge is -2.20. The number of hydrogen-bond donors (Lipinski definition) is 6. The van der Waals surface area contributed by atoms with Crippen molar-refractivity contribution in [1.82, 2.24) is 14.9 Å². The van der Waals surface area contributed by atoms with E-state index in [9.17, 15) is 19.5 Å². The van der Waals surface area contributed by atoms with E-state index in [1.165, 1.54) is 22.9 Å². The van der Waals surface area contributed by atoms with Crippen LogP contribution in [-0.2, 0) is 22.6 Å². The number of anilines is 2. The van der Waals surface area contributed by atoms with E-state index in [1.54, 1.807) is 51.1 Å². The maximum absolute atomic E-state index is 13.4. The van der Waals surface area contributed by atoms with Gasteiger partial charge < -0.3 is 26.2 Å². The summed E-state index contributed by atoms with van der Waals surface area (Å²) in [6.07, 6.45) is 0.707. The molecule has 212 valence electrons. The first-order valence-corrected chi connectivity index (χ1v) is 12.6. The Labute approximate surface area is 232 Å². The molecular weight excluding hydrogens is 514 g/mol. The van der Waals surface area contributed by atoms with Gasteiger partial charge in [-0.2, -0.15) is 0 Å². The van der Waals surface area contributed by atoms with Gasteiger partial charge in [0.2, 0.25) is 5.91 Å². The molecule has 0 spiro atoms.